The Morgan fingerprint density at radius 1 is 1.13 bits per heavy atom. The van der Waals surface area contributed by atoms with Crippen LogP contribution in [0.4, 0.5) is 19.0 Å². The lowest BCUT2D eigenvalue weighted by atomic mass is 10.2. The number of carbonyl (C=O) groups excluding carboxylic acids is 1. The van der Waals surface area contributed by atoms with E-state index >= 15 is 0 Å². The van der Waals surface area contributed by atoms with E-state index < -0.39 is 17.6 Å². The van der Waals surface area contributed by atoms with Crippen LogP contribution in [0.5, 0.6) is 11.5 Å². The number of pyridine rings is 2. The average Bonchev–Trinajstić information content (AvgIpc) is 3.18. The Morgan fingerprint density at radius 2 is 1.94 bits per heavy atom. The van der Waals surface area contributed by atoms with Gasteiger partial charge in [-0.15, -0.1) is 0 Å². The molecule has 31 heavy (non-hydrogen) atoms. The molecule has 0 radical (unpaired) electrons. The highest BCUT2D eigenvalue weighted by molar-refractivity contribution is 6.04. The molecule has 0 unspecified atom stereocenters. The van der Waals surface area contributed by atoms with Crippen molar-refractivity contribution in [3.05, 3.63) is 71.7 Å². The van der Waals surface area contributed by atoms with Gasteiger partial charge >= 0.3 is 6.18 Å². The van der Waals surface area contributed by atoms with Crippen LogP contribution >= 0.6 is 0 Å². The number of nitrogens with zero attached hydrogens (tertiary/aromatic N) is 3. The quantitative estimate of drug-likeness (QED) is 0.469. The van der Waals surface area contributed by atoms with Crippen LogP contribution in [0.2, 0.25) is 0 Å². The largest absolute Gasteiger partial charge is 0.456 e. The number of carbonyl (C=O) groups is 1. The summed E-state index contributed by atoms with van der Waals surface area (Å²) in [5.74, 6) is 0.0794. The molecule has 4 aromatic rings. The van der Waals surface area contributed by atoms with Crippen molar-refractivity contribution in [2.24, 2.45) is 0 Å². The van der Waals surface area contributed by atoms with E-state index in [2.05, 4.69) is 25.5 Å². The van der Waals surface area contributed by atoms with Gasteiger partial charge in [0.15, 0.2) is 5.65 Å². The standard InChI is InChI=1S/C21H16F3N5O2/c1-2-15-18-16(7-9-26-19(18)29-28-15)31-14-5-3-4-12(10-14)20(30)27-17-11-13(6-8-25-17)21(22,23)24/h3-11H,2H2,1H3,(H,25,27,30)(H,26,28,29). The molecular weight excluding hydrogens is 411 g/mol. The number of alkyl halides is 3. The van der Waals surface area contributed by atoms with Crippen molar-refractivity contribution in [3.8, 4) is 11.5 Å². The second-order valence-corrected chi connectivity index (χ2v) is 6.57. The minimum Gasteiger partial charge on any atom is -0.456 e. The lowest BCUT2D eigenvalue weighted by molar-refractivity contribution is -0.137. The van der Waals surface area contributed by atoms with Crippen LogP contribution in [0, 0.1) is 0 Å². The molecule has 0 aliphatic carbocycles. The van der Waals surface area contributed by atoms with Gasteiger partial charge in [0.25, 0.3) is 5.91 Å². The smallest absolute Gasteiger partial charge is 0.416 e. The monoisotopic (exact) mass is 427 g/mol. The Morgan fingerprint density at radius 3 is 2.71 bits per heavy atom. The molecule has 158 valence electrons. The summed E-state index contributed by atoms with van der Waals surface area (Å²) in [5.41, 5.74) is 0.676. The number of benzene rings is 1. The predicted molar refractivity (Wildman–Crippen MR) is 107 cm³/mol. The fourth-order valence-corrected chi connectivity index (χ4v) is 3.01. The number of ether oxygens (including phenoxy) is 1. The molecule has 4 rings (SSSR count). The second kappa shape index (κ2) is 8.05. The third-order valence-corrected chi connectivity index (χ3v) is 4.50. The highest BCUT2D eigenvalue weighted by Gasteiger charge is 2.30. The third kappa shape index (κ3) is 4.32. The zero-order valence-corrected chi connectivity index (χ0v) is 16.2. The second-order valence-electron chi connectivity index (χ2n) is 6.57. The van der Waals surface area contributed by atoms with Crippen molar-refractivity contribution in [2.75, 3.05) is 5.32 Å². The summed E-state index contributed by atoms with van der Waals surface area (Å²) in [7, 11) is 0. The first-order chi connectivity index (χ1) is 14.8. The lowest BCUT2D eigenvalue weighted by Gasteiger charge is -2.10. The van der Waals surface area contributed by atoms with Gasteiger partial charge in [-0.1, -0.05) is 13.0 Å². The molecule has 0 saturated heterocycles. The molecule has 0 aliphatic rings. The van der Waals surface area contributed by atoms with E-state index in [1.165, 1.54) is 12.1 Å². The van der Waals surface area contributed by atoms with Crippen molar-refractivity contribution < 1.29 is 22.7 Å². The van der Waals surface area contributed by atoms with Gasteiger partial charge in [-0.2, -0.15) is 18.3 Å². The summed E-state index contributed by atoms with van der Waals surface area (Å²) in [6.07, 6.45) is -1.28. The first-order valence-corrected chi connectivity index (χ1v) is 9.29. The number of hydrogen-bond acceptors (Lipinski definition) is 5. The van der Waals surface area contributed by atoms with E-state index in [0.717, 1.165) is 29.4 Å². The van der Waals surface area contributed by atoms with E-state index in [-0.39, 0.29) is 11.4 Å². The summed E-state index contributed by atoms with van der Waals surface area (Å²) in [4.78, 5) is 20.5. The van der Waals surface area contributed by atoms with Crippen LogP contribution in [0.1, 0.15) is 28.5 Å². The van der Waals surface area contributed by atoms with Gasteiger partial charge in [0.1, 0.15) is 17.3 Å². The summed E-state index contributed by atoms with van der Waals surface area (Å²) >= 11 is 0. The molecular formula is C21H16F3N5O2. The number of aromatic nitrogens is 4. The van der Waals surface area contributed by atoms with Crippen molar-refractivity contribution >= 4 is 22.8 Å². The van der Waals surface area contributed by atoms with E-state index in [9.17, 15) is 18.0 Å². The molecule has 2 N–H and O–H groups in total. The Bertz CT molecular complexity index is 1250. The van der Waals surface area contributed by atoms with E-state index in [1.54, 1.807) is 24.4 Å². The Kier molecular flexibility index (Phi) is 5.28. The minimum absolute atomic E-state index is 0.199. The Hall–Kier alpha value is -3.95. The number of rotatable bonds is 5. The number of nitrogens with one attached hydrogen (secondary N) is 2. The topological polar surface area (TPSA) is 92.8 Å². The number of H-pyrrole nitrogens is 1. The number of aryl methyl sites for hydroxylation is 1. The number of anilines is 1. The third-order valence-electron chi connectivity index (χ3n) is 4.50. The van der Waals surface area contributed by atoms with Gasteiger partial charge in [0, 0.05) is 23.7 Å². The van der Waals surface area contributed by atoms with Gasteiger partial charge < -0.3 is 10.1 Å². The predicted octanol–water partition coefficient (Wildman–Crippen LogP) is 4.98. The molecule has 7 nitrogen and oxygen atoms in total. The fraction of sp³-hybridized carbons (Fsp3) is 0.143. The van der Waals surface area contributed by atoms with Crippen molar-refractivity contribution in [3.63, 3.8) is 0 Å². The van der Waals surface area contributed by atoms with Gasteiger partial charge in [0.2, 0.25) is 0 Å². The van der Waals surface area contributed by atoms with Crippen LogP contribution in [-0.4, -0.2) is 26.1 Å². The van der Waals surface area contributed by atoms with E-state index in [4.69, 9.17) is 4.74 Å². The summed E-state index contributed by atoms with van der Waals surface area (Å²) < 4.78 is 44.5. The zero-order chi connectivity index (χ0) is 22.0. The van der Waals surface area contributed by atoms with Gasteiger partial charge in [-0.05, 0) is 42.8 Å². The Balaban J connectivity index is 1.57. The molecule has 10 heteroatoms. The maximum absolute atomic E-state index is 12.9. The van der Waals surface area contributed by atoms with Crippen molar-refractivity contribution in [2.45, 2.75) is 19.5 Å². The number of halogens is 3. The summed E-state index contributed by atoms with van der Waals surface area (Å²) in [6, 6.07) is 9.58. The number of amides is 1. The highest BCUT2D eigenvalue weighted by Crippen LogP contribution is 2.32. The van der Waals surface area contributed by atoms with Crippen LogP contribution in [0.3, 0.4) is 0 Å². The Labute approximate surface area is 174 Å². The zero-order valence-electron chi connectivity index (χ0n) is 16.2. The summed E-state index contributed by atoms with van der Waals surface area (Å²) in [6.45, 7) is 1.97. The molecule has 3 heterocycles. The van der Waals surface area contributed by atoms with Gasteiger partial charge in [-0.25, -0.2) is 9.97 Å². The van der Waals surface area contributed by atoms with Gasteiger partial charge in [0.05, 0.1) is 10.9 Å². The van der Waals surface area contributed by atoms with Gasteiger partial charge in [-0.3, -0.25) is 9.89 Å². The van der Waals surface area contributed by atoms with Crippen molar-refractivity contribution in [1.82, 2.24) is 20.2 Å². The molecule has 0 saturated carbocycles. The molecule has 3 aromatic heterocycles. The van der Waals surface area contributed by atoms with Crippen LogP contribution < -0.4 is 10.1 Å². The van der Waals surface area contributed by atoms with Crippen LogP contribution in [-0.2, 0) is 12.6 Å². The fourth-order valence-electron chi connectivity index (χ4n) is 3.01. The molecule has 1 amide bonds. The maximum Gasteiger partial charge on any atom is 0.416 e. The van der Waals surface area contributed by atoms with Crippen molar-refractivity contribution in [1.29, 1.82) is 0 Å². The maximum atomic E-state index is 12.9. The van der Waals surface area contributed by atoms with Crippen LogP contribution in [0.15, 0.2) is 54.9 Å². The highest BCUT2D eigenvalue weighted by atomic mass is 19.4. The molecule has 0 bridgehead atoms. The summed E-state index contributed by atoms with van der Waals surface area (Å²) in [5, 5.41) is 10.2. The number of fused-ring (bicyclic) bond motifs is 1. The van der Waals surface area contributed by atoms with E-state index in [0.29, 0.717) is 23.6 Å². The number of hydrogen-bond donors (Lipinski definition) is 2. The lowest BCUT2D eigenvalue weighted by Crippen LogP contribution is -2.14. The molecule has 1 aromatic carbocycles. The van der Waals surface area contributed by atoms with E-state index in [1.807, 2.05) is 6.92 Å². The normalized spacial score (nSPS) is 11.5. The molecule has 0 spiro atoms. The first kappa shape index (κ1) is 20.3. The SMILES string of the molecule is CCc1[nH]nc2nccc(Oc3cccc(C(=O)Nc4cc(C(F)(F)F)ccn4)c3)c12. The molecule has 0 atom stereocenters. The van der Waals surface area contributed by atoms with Crippen LogP contribution in [0.25, 0.3) is 11.0 Å². The average molecular weight is 427 g/mol. The molecule has 0 fully saturated rings. The first-order valence-electron chi connectivity index (χ1n) is 9.29. The molecule has 0 aliphatic heterocycles. The minimum atomic E-state index is -4.53. The number of aromatic amines is 1.